The smallest absolute Gasteiger partial charge is 0.317 e. The molecule has 1 aliphatic carbocycles. The molecular formula is C12H24N4O. The average Bonchev–Trinajstić information content (AvgIpc) is 2.69. The first-order valence-electron chi connectivity index (χ1n) is 6.40. The van der Waals surface area contributed by atoms with Gasteiger partial charge in [-0.25, -0.2) is 4.79 Å². The Bertz CT molecular complexity index is 272. The molecule has 1 aliphatic rings. The van der Waals surface area contributed by atoms with Gasteiger partial charge in [-0.05, 0) is 26.7 Å². The molecule has 0 aromatic carbocycles. The highest BCUT2D eigenvalue weighted by molar-refractivity contribution is 5.79. The third kappa shape index (κ3) is 4.63. The molecule has 0 aromatic heterocycles. The lowest BCUT2D eigenvalue weighted by molar-refractivity contribution is 0.181. The van der Waals surface area contributed by atoms with Gasteiger partial charge in [0.15, 0.2) is 0 Å². The van der Waals surface area contributed by atoms with E-state index in [1.807, 2.05) is 13.8 Å². The number of rotatable bonds is 5. The SMILES string of the molecule is CC(C)N(CCC(=N)N)C(=O)NC1CCCC1. The number of nitrogens with zero attached hydrogens (tertiary/aromatic N) is 1. The van der Waals surface area contributed by atoms with Crippen molar-refractivity contribution in [2.24, 2.45) is 5.73 Å². The van der Waals surface area contributed by atoms with Crippen molar-refractivity contribution >= 4 is 11.9 Å². The van der Waals surface area contributed by atoms with E-state index in [4.69, 9.17) is 11.1 Å². The normalized spacial score (nSPS) is 16.2. The molecule has 1 saturated carbocycles. The van der Waals surface area contributed by atoms with Gasteiger partial charge in [-0.2, -0.15) is 0 Å². The van der Waals surface area contributed by atoms with Gasteiger partial charge in [0.25, 0.3) is 0 Å². The standard InChI is InChI=1S/C12H24N4O/c1-9(2)16(8-7-11(13)14)12(17)15-10-5-3-4-6-10/h9-10H,3-8H2,1-2H3,(H3,13,14)(H,15,17). The number of nitrogens with one attached hydrogen (secondary N) is 2. The van der Waals surface area contributed by atoms with Gasteiger partial charge < -0.3 is 16.0 Å². The second-order valence-electron chi connectivity index (χ2n) is 4.99. The Hall–Kier alpha value is -1.26. The molecule has 5 heteroatoms. The molecule has 2 amide bonds. The summed E-state index contributed by atoms with van der Waals surface area (Å²) in [6.07, 6.45) is 5.03. The summed E-state index contributed by atoms with van der Waals surface area (Å²) >= 11 is 0. The highest BCUT2D eigenvalue weighted by Crippen LogP contribution is 2.18. The van der Waals surface area contributed by atoms with E-state index in [9.17, 15) is 4.79 Å². The lowest BCUT2D eigenvalue weighted by Crippen LogP contribution is -2.48. The molecule has 0 radical (unpaired) electrons. The van der Waals surface area contributed by atoms with Gasteiger partial charge in [0.2, 0.25) is 0 Å². The van der Waals surface area contributed by atoms with Crippen molar-refractivity contribution in [2.75, 3.05) is 6.54 Å². The van der Waals surface area contributed by atoms with Crippen molar-refractivity contribution in [3.8, 4) is 0 Å². The minimum atomic E-state index is -0.0202. The highest BCUT2D eigenvalue weighted by atomic mass is 16.2. The van der Waals surface area contributed by atoms with Crippen LogP contribution in [0.4, 0.5) is 4.79 Å². The second-order valence-corrected chi connectivity index (χ2v) is 4.99. The third-order valence-corrected chi connectivity index (χ3v) is 3.19. The van der Waals surface area contributed by atoms with Crippen molar-refractivity contribution in [1.29, 1.82) is 5.41 Å². The zero-order valence-electron chi connectivity index (χ0n) is 10.8. The fourth-order valence-electron chi connectivity index (χ4n) is 2.16. The molecule has 0 aliphatic heterocycles. The van der Waals surface area contributed by atoms with E-state index in [0.29, 0.717) is 19.0 Å². The summed E-state index contributed by atoms with van der Waals surface area (Å²) in [5.74, 6) is 0.129. The van der Waals surface area contributed by atoms with Crippen LogP contribution >= 0.6 is 0 Å². The number of carbonyl (C=O) groups excluding carboxylic acids is 1. The predicted octanol–water partition coefficient (Wildman–Crippen LogP) is 1.68. The number of nitrogens with two attached hydrogens (primary N) is 1. The van der Waals surface area contributed by atoms with Crippen LogP contribution in [0, 0.1) is 5.41 Å². The number of hydrogen-bond acceptors (Lipinski definition) is 2. The monoisotopic (exact) mass is 240 g/mol. The van der Waals surface area contributed by atoms with Gasteiger partial charge in [0, 0.05) is 25.0 Å². The summed E-state index contributed by atoms with van der Waals surface area (Å²) in [4.78, 5) is 13.8. The van der Waals surface area contributed by atoms with E-state index >= 15 is 0 Å². The molecule has 0 spiro atoms. The first kappa shape index (κ1) is 13.8. The summed E-state index contributed by atoms with van der Waals surface area (Å²) in [6, 6.07) is 0.449. The second kappa shape index (κ2) is 6.47. The molecule has 1 rings (SSSR count). The van der Waals surface area contributed by atoms with Gasteiger partial charge in [-0.1, -0.05) is 12.8 Å². The van der Waals surface area contributed by atoms with E-state index in [1.54, 1.807) is 4.90 Å². The minimum Gasteiger partial charge on any atom is -0.388 e. The molecule has 0 heterocycles. The van der Waals surface area contributed by atoms with Crippen LogP contribution < -0.4 is 11.1 Å². The van der Waals surface area contributed by atoms with Crippen molar-refractivity contribution < 1.29 is 4.79 Å². The zero-order valence-corrected chi connectivity index (χ0v) is 10.8. The van der Waals surface area contributed by atoms with Crippen molar-refractivity contribution in [1.82, 2.24) is 10.2 Å². The number of urea groups is 1. The van der Waals surface area contributed by atoms with E-state index < -0.39 is 0 Å². The van der Waals surface area contributed by atoms with Crippen LogP contribution in [0.15, 0.2) is 0 Å². The molecule has 0 bridgehead atoms. The van der Waals surface area contributed by atoms with E-state index in [-0.39, 0.29) is 17.9 Å². The summed E-state index contributed by atoms with van der Waals surface area (Å²) < 4.78 is 0. The lowest BCUT2D eigenvalue weighted by Gasteiger charge is -2.28. The van der Waals surface area contributed by atoms with Crippen LogP contribution in [0.3, 0.4) is 0 Å². The van der Waals surface area contributed by atoms with Crippen LogP contribution in [0.2, 0.25) is 0 Å². The molecule has 4 N–H and O–H groups in total. The van der Waals surface area contributed by atoms with Crippen LogP contribution in [0.1, 0.15) is 46.0 Å². The van der Waals surface area contributed by atoms with Crippen molar-refractivity contribution in [3.63, 3.8) is 0 Å². The van der Waals surface area contributed by atoms with Crippen molar-refractivity contribution in [3.05, 3.63) is 0 Å². The van der Waals surface area contributed by atoms with Gasteiger partial charge in [0.1, 0.15) is 0 Å². The summed E-state index contributed by atoms with van der Waals surface area (Å²) in [5.41, 5.74) is 5.33. The van der Waals surface area contributed by atoms with Crippen molar-refractivity contribution in [2.45, 2.75) is 58.0 Å². The van der Waals surface area contributed by atoms with Gasteiger partial charge in [-0.15, -0.1) is 0 Å². The first-order chi connectivity index (χ1) is 8.00. The molecule has 17 heavy (non-hydrogen) atoms. The molecule has 0 aromatic rings. The Kier molecular flexibility index (Phi) is 5.25. The highest BCUT2D eigenvalue weighted by Gasteiger charge is 2.22. The Labute approximate surface area is 103 Å². The Morgan fingerprint density at radius 2 is 2.06 bits per heavy atom. The van der Waals surface area contributed by atoms with E-state index in [1.165, 1.54) is 12.8 Å². The number of hydrogen-bond donors (Lipinski definition) is 3. The van der Waals surface area contributed by atoms with Gasteiger partial charge in [0.05, 0.1) is 5.84 Å². The molecule has 0 unspecified atom stereocenters. The third-order valence-electron chi connectivity index (χ3n) is 3.19. The van der Waals surface area contributed by atoms with E-state index in [0.717, 1.165) is 12.8 Å². The Morgan fingerprint density at radius 3 is 2.53 bits per heavy atom. The zero-order chi connectivity index (χ0) is 12.8. The molecule has 1 fully saturated rings. The quantitative estimate of drug-likeness (QED) is 0.504. The topological polar surface area (TPSA) is 82.2 Å². The Morgan fingerprint density at radius 1 is 1.47 bits per heavy atom. The van der Waals surface area contributed by atoms with E-state index in [2.05, 4.69) is 5.32 Å². The largest absolute Gasteiger partial charge is 0.388 e. The molecule has 0 saturated heterocycles. The number of amidine groups is 1. The molecular weight excluding hydrogens is 216 g/mol. The van der Waals surface area contributed by atoms with Crippen LogP contribution in [0.25, 0.3) is 0 Å². The number of amides is 2. The minimum absolute atomic E-state index is 0.0202. The maximum atomic E-state index is 12.1. The van der Waals surface area contributed by atoms with Crippen LogP contribution in [0.5, 0.6) is 0 Å². The summed E-state index contributed by atoms with van der Waals surface area (Å²) in [5, 5.41) is 10.3. The van der Waals surface area contributed by atoms with Gasteiger partial charge in [-0.3, -0.25) is 5.41 Å². The summed E-state index contributed by atoms with van der Waals surface area (Å²) in [7, 11) is 0. The lowest BCUT2D eigenvalue weighted by atomic mass is 10.2. The maximum absolute atomic E-state index is 12.1. The van der Waals surface area contributed by atoms with Crippen LogP contribution in [-0.2, 0) is 0 Å². The molecule has 0 atom stereocenters. The molecule has 5 nitrogen and oxygen atoms in total. The maximum Gasteiger partial charge on any atom is 0.317 e. The Balaban J connectivity index is 2.44. The van der Waals surface area contributed by atoms with Gasteiger partial charge >= 0.3 is 6.03 Å². The molecule has 98 valence electrons. The average molecular weight is 240 g/mol. The first-order valence-corrected chi connectivity index (χ1v) is 6.40. The number of carbonyl (C=O) groups is 1. The fraction of sp³-hybridized carbons (Fsp3) is 0.833. The fourth-order valence-corrected chi connectivity index (χ4v) is 2.16. The summed E-state index contributed by atoms with van der Waals surface area (Å²) in [6.45, 7) is 4.48. The predicted molar refractivity (Wildman–Crippen MR) is 69.2 cm³/mol. The van der Waals surface area contributed by atoms with Crippen LogP contribution in [-0.4, -0.2) is 35.4 Å².